The quantitative estimate of drug-likeness (QED) is 0.518. The van der Waals surface area contributed by atoms with Crippen molar-refractivity contribution in [2.75, 3.05) is 39.9 Å². The molecule has 1 aromatic heterocycles. The molecule has 6 nitrogen and oxygen atoms in total. The van der Waals surface area contributed by atoms with Crippen LogP contribution in [0.5, 0.6) is 11.5 Å². The van der Waals surface area contributed by atoms with E-state index in [0.717, 1.165) is 43.9 Å². The normalized spacial score (nSPS) is 16.2. The van der Waals surface area contributed by atoms with E-state index in [9.17, 15) is 5.11 Å². The van der Waals surface area contributed by atoms with Gasteiger partial charge in [0, 0.05) is 37.9 Å². The summed E-state index contributed by atoms with van der Waals surface area (Å²) in [5.74, 6) is 1.37. The lowest BCUT2D eigenvalue weighted by atomic mass is 10.1. The van der Waals surface area contributed by atoms with Crippen molar-refractivity contribution in [3.05, 3.63) is 53.3 Å². The Hall–Kier alpha value is -2.15. The Labute approximate surface area is 193 Å². The molecule has 2 N–H and O–H groups in total. The number of aromatic nitrogens is 1. The molecular weight excluding hydrogens is 402 g/mol. The number of aliphatic hydroxyl groups is 1. The van der Waals surface area contributed by atoms with Crippen LogP contribution in [0.15, 0.2) is 36.5 Å². The number of nitrogens with zero attached hydrogens (tertiary/aromatic N) is 2. The van der Waals surface area contributed by atoms with Crippen LogP contribution in [0.1, 0.15) is 48.9 Å². The summed E-state index contributed by atoms with van der Waals surface area (Å²) in [7, 11) is 1.64. The predicted molar refractivity (Wildman–Crippen MR) is 128 cm³/mol. The van der Waals surface area contributed by atoms with Crippen LogP contribution in [0.3, 0.4) is 0 Å². The van der Waals surface area contributed by atoms with Crippen LogP contribution in [0, 0.1) is 6.92 Å². The van der Waals surface area contributed by atoms with Crippen LogP contribution >= 0.6 is 0 Å². The summed E-state index contributed by atoms with van der Waals surface area (Å²) in [6.45, 7) is 6.76. The van der Waals surface area contributed by atoms with Crippen LogP contribution in [0.25, 0.3) is 0 Å². The maximum absolute atomic E-state index is 10.5. The van der Waals surface area contributed by atoms with Crippen molar-refractivity contribution < 1.29 is 14.6 Å². The molecule has 0 saturated carbocycles. The molecule has 3 rings (SSSR count). The molecule has 0 spiro atoms. The molecule has 1 saturated heterocycles. The van der Waals surface area contributed by atoms with Crippen LogP contribution in [0.4, 0.5) is 0 Å². The number of likely N-dealkylation sites (tertiary alicyclic amines) is 1. The van der Waals surface area contributed by atoms with Crippen molar-refractivity contribution >= 4 is 0 Å². The maximum Gasteiger partial charge on any atom is 0.161 e. The Morgan fingerprint density at radius 2 is 1.88 bits per heavy atom. The SMILES string of the molecule is COc1ccc(CNCCc2ncccc2C)cc1OCC(O)CN1CCCCCCC1. The summed E-state index contributed by atoms with van der Waals surface area (Å²) >= 11 is 0. The molecule has 1 aliphatic rings. The number of ether oxygens (including phenoxy) is 2. The molecule has 2 heterocycles. The van der Waals surface area contributed by atoms with Crippen LogP contribution in [-0.4, -0.2) is 61.0 Å². The Morgan fingerprint density at radius 3 is 2.62 bits per heavy atom. The molecule has 0 bridgehead atoms. The van der Waals surface area contributed by atoms with E-state index in [1.807, 2.05) is 30.5 Å². The summed E-state index contributed by atoms with van der Waals surface area (Å²) in [6, 6.07) is 10.0. The Balaban J connectivity index is 1.46. The molecular formula is C26H39N3O3. The van der Waals surface area contributed by atoms with Gasteiger partial charge < -0.3 is 24.8 Å². The fraction of sp³-hybridized carbons (Fsp3) is 0.577. The number of nitrogens with one attached hydrogen (secondary N) is 1. The second-order valence-corrected chi connectivity index (χ2v) is 8.71. The average molecular weight is 442 g/mol. The second kappa shape index (κ2) is 13.4. The molecule has 2 aromatic rings. The van der Waals surface area contributed by atoms with Crippen molar-refractivity contribution in [1.82, 2.24) is 15.2 Å². The largest absolute Gasteiger partial charge is 0.493 e. The van der Waals surface area contributed by atoms with E-state index >= 15 is 0 Å². The lowest BCUT2D eigenvalue weighted by Crippen LogP contribution is -2.37. The highest BCUT2D eigenvalue weighted by Crippen LogP contribution is 2.28. The molecule has 1 fully saturated rings. The first-order valence-corrected chi connectivity index (χ1v) is 12.0. The molecule has 176 valence electrons. The molecule has 32 heavy (non-hydrogen) atoms. The number of benzene rings is 1. The Kier molecular flexibility index (Phi) is 10.3. The lowest BCUT2D eigenvalue weighted by molar-refractivity contribution is 0.0644. The van der Waals surface area contributed by atoms with Gasteiger partial charge in [0.15, 0.2) is 11.5 Å². The highest BCUT2D eigenvalue weighted by molar-refractivity contribution is 5.43. The third kappa shape index (κ3) is 8.08. The van der Waals surface area contributed by atoms with Gasteiger partial charge in [-0.2, -0.15) is 0 Å². The van der Waals surface area contributed by atoms with E-state index in [2.05, 4.69) is 28.2 Å². The molecule has 0 aliphatic carbocycles. The number of aliphatic hydroxyl groups excluding tert-OH is 1. The fourth-order valence-electron chi connectivity index (χ4n) is 4.20. The van der Waals surface area contributed by atoms with Crippen molar-refractivity contribution in [3.63, 3.8) is 0 Å². The highest BCUT2D eigenvalue weighted by Gasteiger charge is 2.15. The number of hydrogen-bond donors (Lipinski definition) is 2. The smallest absolute Gasteiger partial charge is 0.161 e. The first-order valence-electron chi connectivity index (χ1n) is 12.0. The van der Waals surface area contributed by atoms with E-state index in [0.29, 0.717) is 18.0 Å². The lowest BCUT2D eigenvalue weighted by Gasteiger charge is -2.26. The maximum atomic E-state index is 10.5. The number of β-amino-alcohol motifs (C(OH)–C–C–N with tert-alkyl or cyclic N) is 1. The molecule has 1 unspecified atom stereocenters. The average Bonchev–Trinajstić information content (AvgIpc) is 2.78. The summed E-state index contributed by atoms with van der Waals surface area (Å²) in [4.78, 5) is 6.82. The first kappa shape index (κ1) is 24.5. The van der Waals surface area contributed by atoms with E-state index in [1.165, 1.54) is 37.7 Å². The number of aryl methyl sites for hydroxylation is 1. The van der Waals surface area contributed by atoms with E-state index < -0.39 is 6.10 Å². The highest BCUT2D eigenvalue weighted by atomic mass is 16.5. The standard InChI is InChI=1S/C26H39N3O3/c1-21-9-8-13-28-24(21)12-14-27-18-22-10-11-25(31-2)26(17-22)32-20-23(30)19-29-15-6-4-3-5-7-16-29/h8-11,13,17,23,27,30H,3-7,12,14-16,18-20H2,1-2H3. The minimum Gasteiger partial charge on any atom is -0.493 e. The molecule has 1 atom stereocenters. The Morgan fingerprint density at radius 1 is 1.09 bits per heavy atom. The van der Waals surface area contributed by atoms with Crippen molar-refractivity contribution in [2.24, 2.45) is 0 Å². The van der Waals surface area contributed by atoms with Gasteiger partial charge in [-0.05, 0) is 62.2 Å². The minimum absolute atomic E-state index is 0.267. The zero-order valence-electron chi connectivity index (χ0n) is 19.7. The number of pyridine rings is 1. The molecule has 1 aliphatic heterocycles. The van der Waals surface area contributed by atoms with Crippen molar-refractivity contribution in [2.45, 2.75) is 58.1 Å². The topological polar surface area (TPSA) is 66.8 Å². The van der Waals surface area contributed by atoms with Gasteiger partial charge in [-0.25, -0.2) is 0 Å². The van der Waals surface area contributed by atoms with Crippen LogP contribution in [0.2, 0.25) is 0 Å². The van der Waals surface area contributed by atoms with Gasteiger partial charge in [-0.3, -0.25) is 4.98 Å². The zero-order valence-corrected chi connectivity index (χ0v) is 19.7. The van der Waals surface area contributed by atoms with Gasteiger partial charge in [0.05, 0.1) is 7.11 Å². The number of hydrogen-bond acceptors (Lipinski definition) is 6. The summed E-state index contributed by atoms with van der Waals surface area (Å²) in [5.41, 5.74) is 3.48. The first-order chi connectivity index (χ1) is 15.7. The van der Waals surface area contributed by atoms with Gasteiger partial charge in [-0.1, -0.05) is 31.4 Å². The van der Waals surface area contributed by atoms with E-state index in [4.69, 9.17) is 9.47 Å². The van der Waals surface area contributed by atoms with Crippen LogP contribution in [-0.2, 0) is 13.0 Å². The summed E-state index contributed by atoms with van der Waals surface area (Å²) < 4.78 is 11.4. The third-order valence-electron chi connectivity index (χ3n) is 6.06. The second-order valence-electron chi connectivity index (χ2n) is 8.71. The van der Waals surface area contributed by atoms with Gasteiger partial charge in [-0.15, -0.1) is 0 Å². The number of rotatable bonds is 11. The van der Waals surface area contributed by atoms with Crippen molar-refractivity contribution in [3.8, 4) is 11.5 Å². The molecule has 0 radical (unpaired) electrons. The van der Waals surface area contributed by atoms with E-state index in [1.54, 1.807) is 7.11 Å². The third-order valence-corrected chi connectivity index (χ3v) is 6.06. The molecule has 0 amide bonds. The zero-order chi connectivity index (χ0) is 22.6. The Bertz CT molecular complexity index is 807. The monoisotopic (exact) mass is 441 g/mol. The van der Waals surface area contributed by atoms with Gasteiger partial charge >= 0.3 is 0 Å². The fourth-order valence-corrected chi connectivity index (χ4v) is 4.20. The van der Waals surface area contributed by atoms with E-state index in [-0.39, 0.29) is 6.61 Å². The number of methoxy groups -OCH3 is 1. The minimum atomic E-state index is -0.512. The molecule has 1 aromatic carbocycles. The summed E-state index contributed by atoms with van der Waals surface area (Å²) in [6.07, 6.45) is 8.60. The van der Waals surface area contributed by atoms with Gasteiger partial charge in [0.1, 0.15) is 12.7 Å². The van der Waals surface area contributed by atoms with Crippen LogP contribution < -0.4 is 14.8 Å². The molecule has 6 heteroatoms. The van der Waals surface area contributed by atoms with Gasteiger partial charge in [0.2, 0.25) is 0 Å². The van der Waals surface area contributed by atoms with Crippen molar-refractivity contribution in [1.29, 1.82) is 0 Å². The predicted octanol–water partition coefficient (Wildman–Crippen LogP) is 3.74. The summed E-state index contributed by atoms with van der Waals surface area (Å²) in [5, 5.41) is 14.0. The van der Waals surface area contributed by atoms with Gasteiger partial charge in [0.25, 0.3) is 0 Å².